The van der Waals surface area contributed by atoms with Crippen LogP contribution in [0.3, 0.4) is 0 Å². The minimum Gasteiger partial charge on any atom is -0.494 e. The summed E-state index contributed by atoms with van der Waals surface area (Å²) in [6.45, 7) is 7.79. The fourth-order valence-electron chi connectivity index (χ4n) is 4.57. The second kappa shape index (κ2) is 12.6. The van der Waals surface area contributed by atoms with Crippen molar-refractivity contribution in [3.05, 3.63) is 106 Å². The summed E-state index contributed by atoms with van der Waals surface area (Å²) in [5, 5.41) is 9.43. The van der Waals surface area contributed by atoms with Crippen LogP contribution in [0.15, 0.2) is 89.9 Å². The van der Waals surface area contributed by atoms with E-state index in [1.165, 1.54) is 15.9 Å². The SMILES string of the molecule is CCCOc1ccc(-c2nc3s/c(=C\c4cn(-c5ccccc5)nc4-c4ccc(OCCC(C)C)cc4)c(=O)n3n2)cc1. The minimum absolute atomic E-state index is 0.214. The Hall–Kier alpha value is -4.76. The average molecular weight is 592 g/mol. The summed E-state index contributed by atoms with van der Waals surface area (Å²) in [4.78, 5) is 18.6. The summed E-state index contributed by atoms with van der Waals surface area (Å²) in [6, 6.07) is 25.5. The number of ether oxygens (including phenoxy) is 2. The van der Waals surface area contributed by atoms with Gasteiger partial charge in [-0.15, -0.1) is 5.10 Å². The summed E-state index contributed by atoms with van der Waals surface area (Å²) in [5.74, 6) is 2.71. The third kappa shape index (κ3) is 6.36. The number of fused-ring (bicyclic) bond motifs is 1. The highest BCUT2D eigenvalue weighted by Crippen LogP contribution is 2.27. The predicted octanol–water partition coefficient (Wildman–Crippen LogP) is 6.43. The van der Waals surface area contributed by atoms with Crippen LogP contribution < -0.4 is 19.6 Å². The van der Waals surface area contributed by atoms with E-state index in [9.17, 15) is 4.79 Å². The number of thiazole rings is 1. The van der Waals surface area contributed by atoms with Crippen molar-refractivity contribution in [2.24, 2.45) is 5.92 Å². The Kier molecular flexibility index (Phi) is 8.33. The quantitative estimate of drug-likeness (QED) is 0.173. The Morgan fingerprint density at radius 1 is 0.860 bits per heavy atom. The average Bonchev–Trinajstić information content (AvgIpc) is 3.72. The van der Waals surface area contributed by atoms with Crippen LogP contribution >= 0.6 is 11.3 Å². The fourth-order valence-corrected chi connectivity index (χ4v) is 5.47. The molecular weight excluding hydrogens is 558 g/mol. The van der Waals surface area contributed by atoms with Crippen molar-refractivity contribution >= 4 is 22.4 Å². The van der Waals surface area contributed by atoms with Crippen LogP contribution in [-0.4, -0.2) is 37.6 Å². The largest absolute Gasteiger partial charge is 0.494 e. The van der Waals surface area contributed by atoms with Crippen molar-refractivity contribution in [2.75, 3.05) is 13.2 Å². The molecule has 6 aromatic rings. The molecule has 0 amide bonds. The van der Waals surface area contributed by atoms with Gasteiger partial charge in [0.15, 0.2) is 5.82 Å². The number of hydrogen-bond acceptors (Lipinski definition) is 7. The van der Waals surface area contributed by atoms with E-state index in [1.807, 2.05) is 95.8 Å². The first kappa shape index (κ1) is 28.4. The number of hydrogen-bond donors (Lipinski definition) is 0. The molecule has 3 aromatic heterocycles. The summed E-state index contributed by atoms with van der Waals surface area (Å²) in [5.41, 5.74) is 4.06. The maximum absolute atomic E-state index is 13.4. The van der Waals surface area contributed by atoms with E-state index in [2.05, 4.69) is 30.9 Å². The second-order valence-corrected chi connectivity index (χ2v) is 11.7. The maximum Gasteiger partial charge on any atom is 0.291 e. The molecule has 0 fully saturated rings. The Balaban J connectivity index is 1.34. The molecule has 0 bridgehead atoms. The zero-order valence-electron chi connectivity index (χ0n) is 24.4. The number of aromatic nitrogens is 5. The first-order chi connectivity index (χ1) is 21.0. The van der Waals surface area contributed by atoms with Crippen molar-refractivity contribution in [3.8, 4) is 39.8 Å². The van der Waals surface area contributed by atoms with Crippen LogP contribution in [0, 0.1) is 5.92 Å². The molecule has 8 nitrogen and oxygen atoms in total. The van der Waals surface area contributed by atoms with Gasteiger partial charge in [-0.25, -0.2) is 4.68 Å². The van der Waals surface area contributed by atoms with Gasteiger partial charge in [0.05, 0.1) is 23.4 Å². The standard InChI is InChI=1S/C34H33N5O3S/c1-4-19-41-28-16-12-25(13-17-28)32-35-34-39(37-32)33(40)30(43-34)21-26-22-38(27-8-6-5-7-9-27)36-31(26)24-10-14-29(15-11-24)42-20-18-23(2)3/h5-17,21-23H,4,18-20H2,1-3H3/b30-21-. The van der Waals surface area contributed by atoms with Crippen molar-refractivity contribution < 1.29 is 9.47 Å². The van der Waals surface area contributed by atoms with E-state index in [1.54, 1.807) is 0 Å². The number of nitrogens with zero attached hydrogens (tertiary/aromatic N) is 5. The van der Waals surface area contributed by atoms with Crippen LogP contribution in [-0.2, 0) is 0 Å². The summed E-state index contributed by atoms with van der Waals surface area (Å²) in [6.07, 6.45) is 5.76. The first-order valence-corrected chi connectivity index (χ1v) is 15.3. The molecule has 3 aromatic carbocycles. The van der Waals surface area contributed by atoms with Gasteiger partial charge in [-0.2, -0.15) is 14.6 Å². The van der Waals surface area contributed by atoms with E-state index in [-0.39, 0.29) is 5.56 Å². The van der Waals surface area contributed by atoms with Crippen molar-refractivity contribution in [3.63, 3.8) is 0 Å². The van der Waals surface area contributed by atoms with Crippen LogP contribution in [0.25, 0.3) is 39.4 Å². The monoisotopic (exact) mass is 591 g/mol. The van der Waals surface area contributed by atoms with Crippen molar-refractivity contribution in [1.82, 2.24) is 24.4 Å². The smallest absolute Gasteiger partial charge is 0.291 e. The molecule has 0 saturated heterocycles. The third-order valence-corrected chi connectivity index (χ3v) is 7.87. The zero-order chi connectivity index (χ0) is 29.8. The van der Waals surface area contributed by atoms with Crippen molar-refractivity contribution in [2.45, 2.75) is 33.6 Å². The molecule has 0 saturated carbocycles. The third-order valence-electron chi connectivity index (χ3n) is 6.91. The fraction of sp³-hybridized carbons (Fsp3) is 0.235. The van der Waals surface area contributed by atoms with Gasteiger partial charge in [-0.3, -0.25) is 4.79 Å². The molecule has 6 rings (SSSR count). The van der Waals surface area contributed by atoms with Crippen LogP contribution in [0.5, 0.6) is 11.5 Å². The van der Waals surface area contributed by atoms with Gasteiger partial charge in [0, 0.05) is 22.9 Å². The predicted molar refractivity (Wildman–Crippen MR) is 171 cm³/mol. The maximum atomic E-state index is 13.4. The molecule has 0 spiro atoms. The van der Waals surface area contributed by atoms with E-state index in [0.29, 0.717) is 34.4 Å². The Bertz CT molecular complexity index is 1920. The molecule has 3 heterocycles. The number of benzene rings is 3. The lowest BCUT2D eigenvalue weighted by Crippen LogP contribution is -2.23. The highest BCUT2D eigenvalue weighted by atomic mass is 32.1. The van der Waals surface area contributed by atoms with Gasteiger partial charge in [0.1, 0.15) is 17.2 Å². The molecule has 218 valence electrons. The summed E-state index contributed by atoms with van der Waals surface area (Å²) in [7, 11) is 0. The lowest BCUT2D eigenvalue weighted by atomic mass is 10.1. The second-order valence-electron chi connectivity index (χ2n) is 10.7. The van der Waals surface area contributed by atoms with Gasteiger partial charge < -0.3 is 9.47 Å². The van der Waals surface area contributed by atoms with Crippen LogP contribution in [0.1, 0.15) is 39.2 Å². The van der Waals surface area contributed by atoms with Crippen molar-refractivity contribution in [1.29, 1.82) is 0 Å². The van der Waals surface area contributed by atoms with Gasteiger partial charge in [0.2, 0.25) is 4.96 Å². The lowest BCUT2D eigenvalue weighted by Gasteiger charge is -2.08. The summed E-state index contributed by atoms with van der Waals surface area (Å²) >= 11 is 1.31. The first-order valence-electron chi connectivity index (χ1n) is 14.5. The molecular formula is C34H33N5O3S. The highest BCUT2D eigenvalue weighted by molar-refractivity contribution is 7.15. The normalized spacial score (nSPS) is 12.0. The van der Waals surface area contributed by atoms with E-state index < -0.39 is 0 Å². The number of para-hydroxylation sites is 1. The Morgan fingerprint density at radius 3 is 2.19 bits per heavy atom. The highest BCUT2D eigenvalue weighted by Gasteiger charge is 2.15. The summed E-state index contributed by atoms with van der Waals surface area (Å²) < 4.78 is 15.3. The molecule has 0 atom stereocenters. The lowest BCUT2D eigenvalue weighted by molar-refractivity contribution is 0.289. The molecule has 43 heavy (non-hydrogen) atoms. The van der Waals surface area contributed by atoms with Crippen LogP contribution in [0.4, 0.5) is 0 Å². The Morgan fingerprint density at radius 2 is 1.53 bits per heavy atom. The molecule has 0 aliphatic carbocycles. The molecule has 0 radical (unpaired) electrons. The van der Waals surface area contributed by atoms with Gasteiger partial charge >= 0.3 is 0 Å². The number of rotatable bonds is 11. The van der Waals surface area contributed by atoms with Crippen LogP contribution in [0.2, 0.25) is 0 Å². The zero-order valence-corrected chi connectivity index (χ0v) is 25.3. The molecule has 9 heteroatoms. The van der Waals surface area contributed by atoms with Gasteiger partial charge in [-0.05, 0) is 85.5 Å². The topological polar surface area (TPSA) is 83.5 Å². The van der Waals surface area contributed by atoms with E-state index in [0.717, 1.165) is 52.4 Å². The van der Waals surface area contributed by atoms with E-state index >= 15 is 0 Å². The molecule has 0 unspecified atom stereocenters. The Labute approximate surface area is 253 Å². The van der Waals surface area contributed by atoms with Gasteiger partial charge in [-0.1, -0.05) is 50.3 Å². The minimum atomic E-state index is -0.214. The van der Waals surface area contributed by atoms with E-state index in [4.69, 9.17) is 14.6 Å². The molecule has 0 aliphatic heterocycles. The molecule has 0 N–H and O–H groups in total. The molecule has 0 aliphatic rings. The van der Waals surface area contributed by atoms with Gasteiger partial charge in [0.25, 0.3) is 5.56 Å².